The van der Waals surface area contributed by atoms with Gasteiger partial charge in [0.15, 0.2) is 9.84 Å². The van der Waals surface area contributed by atoms with E-state index in [2.05, 4.69) is 0 Å². The Morgan fingerprint density at radius 2 is 1.50 bits per heavy atom. The summed E-state index contributed by atoms with van der Waals surface area (Å²) in [7, 11) is -3.39. The summed E-state index contributed by atoms with van der Waals surface area (Å²) in [5.41, 5.74) is 3.48. The Hall–Kier alpha value is -2.81. The third-order valence-corrected chi connectivity index (χ3v) is 4.14. The van der Waals surface area contributed by atoms with E-state index in [4.69, 9.17) is 0 Å². The van der Waals surface area contributed by atoms with Crippen LogP contribution in [0.15, 0.2) is 47.4 Å². The van der Waals surface area contributed by atoms with Crippen LogP contribution in [0.5, 0.6) is 0 Å². The number of rotatable bonds is 3. The van der Waals surface area contributed by atoms with E-state index >= 15 is 0 Å². The molecule has 0 atom stereocenters. The Balaban J connectivity index is 2.05. The van der Waals surface area contributed by atoms with Crippen LogP contribution in [0.3, 0.4) is 0 Å². The van der Waals surface area contributed by atoms with Gasteiger partial charge in [0, 0.05) is 11.8 Å². The zero-order chi connectivity index (χ0) is 17.9. The highest BCUT2D eigenvalue weighted by atomic mass is 32.2. The van der Waals surface area contributed by atoms with Gasteiger partial charge in [-0.25, -0.2) is 17.2 Å². The van der Waals surface area contributed by atoms with E-state index in [-0.39, 0.29) is 10.5 Å². The lowest BCUT2D eigenvalue weighted by Gasteiger charge is -2.08. The second-order valence-corrected chi connectivity index (χ2v) is 6.84. The number of amides is 2. The van der Waals surface area contributed by atoms with Crippen LogP contribution < -0.4 is 10.9 Å². The topological polar surface area (TPSA) is 92.3 Å². The number of carbonyl (C=O) groups is 2. The summed E-state index contributed by atoms with van der Waals surface area (Å²) < 4.78 is 49.1. The largest absolute Gasteiger partial charge is 0.272 e. The molecule has 9 heteroatoms. The van der Waals surface area contributed by atoms with Gasteiger partial charge in [-0.15, -0.1) is 0 Å². The molecule has 126 valence electrons. The zero-order valence-corrected chi connectivity index (χ0v) is 13.2. The van der Waals surface area contributed by atoms with Gasteiger partial charge >= 0.3 is 0 Å². The fourth-order valence-electron chi connectivity index (χ4n) is 1.78. The predicted octanol–water partition coefficient (Wildman–Crippen LogP) is 1.44. The fraction of sp³-hybridized carbons (Fsp3) is 0.0667. The molecule has 0 saturated heterocycles. The summed E-state index contributed by atoms with van der Waals surface area (Å²) in [6.45, 7) is 0. The molecule has 2 aromatic rings. The maximum atomic E-state index is 13.4. The molecule has 0 aliphatic heterocycles. The average Bonchev–Trinajstić information content (AvgIpc) is 2.53. The van der Waals surface area contributed by atoms with Gasteiger partial charge in [-0.3, -0.25) is 20.4 Å². The molecule has 2 amide bonds. The monoisotopic (exact) mass is 354 g/mol. The Labute approximate surface area is 136 Å². The minimum Gasteiger partial charge on any atom is -0.267 e. The van der Waals surface area contributed by atoms with Crippen molar-refractivity contribution < 1.29 is 26.8 Å². The van der Waals surface area contributed by atoms with Crippen LogP contribution in [0, 0.1) is 11.6 Å². The van der Waals surface area contributed by atoms with Crippen molar-refractivity contribution in [3.63, 3.8) is 0 Å². The standard InChI is InChI=1S/C15H12F2N2O4S/c1-24(22,23)11-5-2-9(3-6-11)14(20)18-19-15(21)12-8-10(16)4-7-13(12)17/h2-8H,1H3,(H,18,20)(H,19,21). The molecule has 2 N–H and O–H groups in total. The Bertz CT molecular complexity index is 896. The van der Waals surface area contributed by atoms with Gasteiger partial charge in [0.1, 0.15) is 11.6 Å². The van der Waals surface area contributed by atoms with Crippen molar-refractivity contribution in [3.05, 3.63) is 65.2 Å². The highest BCUT2D eigenvalue weighted by molar-refractivity contribution is 7.90. The summed E-state index contributed by atoms with van der Waals surface area (Å²) in [5, 5.41) is 0. The van der Waals surface area contributed by atoms with E-state index in [1.807, 2.05) is 10.9 Å². The first-order valence-corrected chi connectivity index (χ1v) is 8.43. The van der Waals surface area contributed by atoms with Crippen molar-refractivity contribution in [2.75, 3.05) is 6.26 Å². The maximum absolute atomic E-state index is 13.4. The van der Waals surface area contributed by atoms with E-state index in [0.717, 1.165) is 18.4 Å². The summed E-state index contributed by atoms with van der Waals surface area (Å²) in [6.07, 6.45) is 1.02. The average molecular weight is 354 g/mol. The van der Waals surface area contributed by atoms with E-state index < -0.39 is 38.8 Å². The first kappa shape index (κ1) is 17.5. The maximum Gasteiger partial charge on any atom is 0.272 e. The molecule has 0 heterocycles. The van der Waals surface area contributed by atoms with Gasteiger partial charge < -0.3 is 0 Å². The SMILES string of the molecule is CS(=O)(=O)c1ccc(C(=O)NNC(=O)c2cc(F)ccc2F)cc1. The molecule has 0 fully saturated rings. The number of benzene rings is 2. The molecule has 0 aromatic heterocycles. The molecule has 24 heavy (non-hydrogen) atoms. The predicted molar refractivity (Wildman–Crippen MR) is 80.8 cm³/mol. The summed E-state index contributed by atoms with van der Waals surface area (Å²) in [4.78, 5) is 23.6. The molecular formula is C15H12F2N2O4S. The summed E-state index contributed by atoms with van der Waals surface area (Å²) in [5.74, 6) is -3.53. The quantitative estimate of drug-likeness (QED) is 0.816. The number of sulfone groups is 1. The van der Waals surface area contributed by atoms with Crippen LogP contribution in [-0.2, 0) is 9.84 Å². The van der Waals surface area contributed by atoms with Crippen LogP contribution in [0.4, 0.5) is 8.78 Å². The third-order valence-electron chi connectivity index (χ3n) is 3.01. The zero-order valence-electron chi connectivity index (χ0n) is 12.3. The lowest BCUT2D eigenvalue weighted by atomic mass is 10.2. The van der Waals surface area contributed by atoms with Gasteiger partial charge in [0.05, 0.1) is 10.5 Å². The molecule has 0 saturated carbocycles. The second kappa shape index (κ2) is 6.75. The third kappa shape index (κ3) is 4.13. The lowest BCUT2D eigenvalue weighted by Crippen LogP contribution is -2.42. The van der Waals surface area contributed by atoms with Crippen LogP contribution in [0.1, 0.15) is 20.7 Å². The molecule has 0 bridgehead atoms. The van der Waals surface area contributed by atoms with Crippen molar-refractivity contribution in [1.29, 1.82) is 0 Å². The molecule has 0 radical (unpaired) electrons. The lowest BCUT2D eigenvalue weighted by molar-refractivity contribution is 0.0844. The Morgan fingerprint density at radius 1 is 0.917 bits per heavy atom. The fourth-order valence-corrected chi connectivity index (χ4v) is 2.41. The van der Waals surface area contributed by atoms with Crippen molar-refractivity contribution in [2.45, 2.75) is 4.90 Å². The number of hydrazine groups is 1. The molecule has 0 aliphatic rings. The molecule has 0 aliphatic carbocycles. The minimum absolute atomic E-state index is 0.0323. The van der Waals surface area contributed by atoms with Crippen LogP contribution in [-0.4, -0.2) is 26.5 Å². The van der Waals surface area contributed by atoms with Crippen LogP contribution in [0.2, 0.25) is 0 Å². The smallest absolute Gasteiger partial charge is 0.267 e. The summed E-state index contributed by atoms with van der Waals surface area (Å²) in [6, 6.07) is 7.31. The van der Waals surface area contributed by atoms with Gasteiger partial charge in [-0.1, -0.05) is 0 Å². The van der Waals surface area contributed by atoms with Crippen LogP contribution in [0.25, 0.3) is 0 Å². The second-order valence-electron chi connectivity index (χ2n) is 4.83. The van der Waals surface area contributed by atoms with E-state index in [1.54, 1.807) is 0 Å². The van der Waals surface area contributed by atoms with Crippen molar-refractivity contribution in [3.8, 4) is 0 Å². The normalized spacial score (nSPS) is 11.0. The molecule has 0 unspecified atom stereocenters. The number of hydrogen-bond donors (Lipinski definition) is 2. The molecule has 6 nitrogen and oxygen atoms in total. The van der Waals surface area contributed by atoms with Gasteiger partial charge in [0.25, 0.3) is 11.8 Å². The highest BCUT2D eigenvalue weighted by Crippen LogP contribution is 2.11. The van der Waals surface area contributed by atoms with Gasteiger partial charge in [0.2, 0.25) is 0 Å². The number of hydrogen-bond acceptors (Lipinski definition) is 4. The minimum atomic E-state index is -3.39. The van der Waals surface area contributed by atoms with Crippen molar-refractivity contribution in [1.82, 2.24) is 10.9 Å². The number of halogens is 2. The Kier molecular flexibility index (Phi) is 4.93. The van der Waals surface area contributed by atoms with E-state index in [9.17, 15) is 26.8 Å². The first-order chi connectivity index (χ1) is 11.2. The van der Waals surface area contributed by atoms with E-state index in [1.165, 1.54) is 24.3 Å². The van der Waals surface area contributed by atoms with Gasteiger partial charge in [-0.2, -0.15) is 0 Å². The number of carbonyl (C=O) groups excluding carboxylic acids is 2. The van der Waals surface area contributed by atoms with Crippen molar-refractivity contribution >= 4 is 21.7 Å². The Morgan fingerprint density at radius 3 is 2.08 bits per heavy atom. The number of nitrogens with one attached hydrogen (secondary N) is 2. The molecule has 2 rings (SSSR count). The van der Waals surface area contributed by atoms with Gasteiger partial charge in [-0.05, 0) is 42.5 Å². The molecule has 0 spiro atoms. The first-order valence-electron chi connectivity index (χ1n) is 6.54. The van der Waals surface area contributed by atoms with E-state index in [0.29, 0.717) is 6.07 Å². The van der Waals surface area contributed by atoms with Crippen LogP contribution >= 0.6 is 0 Å². The highest BCUT2D eigenvalue weighted by Gasteiger charge is 2.15. The van der Waals surface area contributed by atoms with Crippen molar-refractivity contribution in [2.24, 2.45) is 0 Å². The molecule has 2 aromatic carbocycles. The molecular weight excluding hydrogens is 342 g/mol. The summed E-state index contributed by atoms with van der Waals surface area (Å²) >= 11 is 0.